The summed E-state index contributed by atoms with van der Waals surface area (Å²) in [6.07, 6.45) is 7.80. The molecule has 0 atom stereocenters. The third-order valence-corrected chi connectivity index (χ3v) is 3.28. The molecule has 0 spiro atoms. The highest BCUT2D eigenvalue weighted by Crippen LogP contribution is 2.23. The Hall–Kier alpha value is -1.18. The van der Waals surface area contributed by atoms with Crippen LogP contribution in [0, 0.1) is 0 Å². The average molecular weight is 233 g/mol. The van der Waals surface area contributed by atoms with Crippen molar-refractivity contribution < 1.29 is 4.74 Å². The second-order valence-electron chi connectivity index (χ2n) is 4.86. The minimum Gasteiger partial charge on any atom is -0.494 e. The summed E-state index contributed by atoms with van der Waals surface area (Å²) in [7, 11) is 0. The van der Waals surface area contributed by atoms with Gasteiger partial charge in [0.05, 0.1) is 6.61 Å². The number of hydrogen-bond acceptors (Lipinski definition) is 2. The summed E-state index contributed by atoms with van der Waals surface area (Å²) in [5.41, 5.74) is 1.20. The third kappa shape index (κ3) is 3.95. The molecule has 1 fully saturated rings. The van der Waals surface area contributed by atoms with Gasteiger partial charge in [-0.15, -0.1) is 0 Å². The molecule has 1 aromatic carbocycles. The summed E-state index contributed by atoms with van der Waals surface area (Å²) in [5, 5.41) is 3.62. The zero-order valence-electron chi connectivity index (χ0n) is 10.7. The minimum atomic E-state index is 0.658. The second kappa shape index (κ2) is 6.53. The van der Waals surface area contributed by atoms with Crippen molar-refractivity contribution in [2.75, 3.05) is 11.9 Å². The SMILES string of the molecule is CCCOc1cccc(NC2CCCCC2)c1. The van der Waals surface area contributed by atoms with Crippen molar-refractivity contribution in [1.82, 2.24) is 0 Å². The van der Waals surface area contributed by atoms with E-state index >= 15 is 0 Å². The smallest absolute Gasteiger partial charge is 0.121 e. The van der Waals surface area contributed by atoms with Gasteiger partial charge in [-0.25, -0.2) is 0 Å². The summed E-state index contributed by atoms with van der Waals surface area (Å²) in [6, 6.07) is 9.00. The molecule has 0 unspecified atom stereocenters. The van der Waals surface area contributed by atoms with E-state index < -0.39 is 0 Å². The molecule has 2 heteroatoms. The van der Waals surface area contributed by atoms with Crippen LogP contribution < -0.4 is 10.1 Å². The van der Waals surface area contributed by atoms with Crippen LogP contribution in [0.15, 0.2) is 24.3 Å². The highest BCUT2D eigenvalue weighted by molar-refractivity contribution is 5.48. The van der Waals surface area contributed by atoms with Crippen LogP contribution in [0.25, 0.3) is 0 Å². The van der Waals surface area contributed by atoms with Crippen LogP contribution >= 0.6 is 0 Å². The molecule has 1 aliphatic rings. The molecule has 17 heavy (non-hydrogen) atoms. The summed E-state index contributed by atoms with van der Waals surface area (Å²) in [4.78, 5) is 0. The summed E-state index contributed by atoms with van der Waals surface area (Å²) in [5.74, 6) is 0.979. The molecular weight excluding hydrogens is 210 g/mol. The third-order valence-electron chi connectivity index (χ3n) is 3.28. The monoisotopic (exact) mass is 233 g/mol. The number of ether oxygens (including phenoxy) is 1. The fraction of sp³-hybridized carbons (Fsp3) is 0.600. The predicted octanol–water partition coefficient (Wildman–Crippen LogP) is 4.22. The number of rotatable bonds is 5. The highest BCUT2D eigenvalue weighted by atomic mass is 16.5. The van der Waals surface area contributed by atoms with Gasteiger partial charge in [-0.05, 0) is 31.4 Å². The maximum Gasteiger partial charge on any atom is 0.121 e. The first kappa shape index (κ1) is 12.3. The van der Waals surface area contributed by atoms with Crippen LogP contribution in [0.4, 0.5) is 5.69 Å². The molecule has 2 rings (SSSR count). The van der Waals surface area contributed by atoms with Gasteiger partial charge < -0.3 is 10.1 Å². The lowest BCUT2D eigenvalue weighted by molar-refractivity contribution is 0.317. The number of anilines is 1. The minimum absolute atomic E-state index is 0.658. The van der Waals surface area contributed by atoms with Gasteiger partial charge >= 0.3 is 0 Å². The van der Waals surface area contributed by atoms with Gasteiger partial charge in [-0.2, -0.15) is 0 Å². The molecule has 1 N–H and O–H groups in total. The summed E-state index contributed by atoms with van der Waals surface area (Å²) >= 11 is 0. The Kier molecular flexibility index (Phi) is 4.72. The van der Waals surface area contributed by atoms with E-state index in [1.807, 2.05) is 6.07 Å². The molecule has 0 heterocycles. The van der Waals surface area contributed by atoms with Gasteiger partial charge in [0.1, 0.15) is 5.75 Å². The summed E-state index contributed by atoms with van der Waals surface area (Å²) in [6.45, 7) is 2.93. The van der Waals surface area contributed by atoms with Crippen LogP contribution in [0.5, 0.6) is 5.75 Å². The topological polar surface area (TPSA) is 21.3 Å². The second-order valence-corrected chi connectivity index (χ2v) is 4.86. The molecule has 1 saturated carbocycles. The van der Waals surface area contributed by atoms with E-state index in [-0.39, 0.29) is 0 Å². The standard InChI is InChI=1S/C15H23NO/c1-2-11-17-15-10-6-9-14(12-15)16-13-7-4-3-5-8-13/h6,9-10,12-13,16H,2-5,7-8,11H2,1H3. The van der Waals surface area contributed by atoms with Crippen LogP contribution in [0.1, 0.15) is 45.4 Å². The van der Waals surface area contributed by atoms with Crippen molar-refractivity contribution in [3.8, 4) is 5.75 Å². The van der Waals surface area contributed by atoms with Gasteiger partial charge in [-0.1, -0.05) is 32.3 Å². The van der Waals surface area contributed by atoms with Crippen LogP contribution in [-0.4, -0.2) is 12.6 Å². The molecule has 1 aliphatic carbocycles. The molecule has 94 valence electrons. The molecule has 0 saturated heterocycles. The Bertz CT molecular complexity index is 331. The van der Waals surface area contributed by atoms with E-state index in [1.54, 1.807) is 0 Å². The number of benzene rings is 1. The normalized spacial score (nSPS) is 16.8. The van der Waals surface area contributed by atoms with Crippen LogP contribution in [-0.2, 0) is 0 Å². The van der Waals surface area contributed by atoms with Crippen molar-refractivity contribution in [2.45, 2.75) is 51.5 Å². The lowest BCUT2D eigenvalue weighted by Gasteiger charge is -2.24. The van der Waals surface area contributed by atoms with Crippen LogP contribution in [0.2, 0.25) is 0 Å². The zero-order valence-corrected chi connectivity index (χ0v) is 10.7. The fourth-order valence-corrected chi connectivity index (χ4v) is 2.38. The first-order valence-electron chi connectivity index (χ1n) is 6.88. The Morgan fingerprint density at radius 2 is 2.06 bits per heavy atom. The van der Waals surface area contributed by atoms with E-state index in [0.29, 0.717) is 6.04 Å². The van der Waals surface area contributed by atoms with Gasteiger partial charge in [0.15, 0.2) is 0 Å². The van der Waals surface area contributed by atoms with E-state index in [1.165, 1.54) is 37.8 Å². The highest BCUT2D eigenvalue weighted by Gasteiger charge is 2.12. The molecule has 0 aromatic heterocycles. The van der Waals surface area contributed by atoms with E-state index in [4.69, 9.17) is 4.74 Å². The first-order chi connectivity index (χ1) is 8.38. The largest absolute Gasteiger partial charge is 0.494 e. The Labute approximate surface area is 104 Å². The molecule has 0 radical (unpaired) electrons. The lowest BCUT2D eigenvalue weighted by atomic mass is 9.95. The van der Waals surface area contributed by atoms with Crippen LogP contribution in [0.3, 0.4) is 0 Å². The number of nitrogens with one attached hydrogen (secondary N) is 1. The average Bonchev–Trinajstić information content (AvgIpc) is 2.38. The molecule has 0 bridgehead atoms. The lowest BCUT2D eigenvalue weighted by Crippen LogP contribution is -2.22. The van der Waals surface area contributed by atoms with Crippen molar-refractivity contribution in [3.05, 3.63) is 24.3 Å². The molecule has 0 amide bonds. The van der Waals surface area contributed by atoms with Gasteiger partial charge in [-0.3, -0.25) is 0 Å². The maximum absolute atomic E-state index is 5.64. The zero-order chi connectivity index (χ0) is 11.9. The van der Waals surface area contributed by atoms with Crippen molar-refractivity contribution in [3.63, 3.8) is 0 Å². The predicted molar refractivity (Wildman–Crippen MR) is 72.7 cm³/mol. The Morgan fingerprint density at radius 1 is 1.24 bits per heavy atom. The molecular formula is C15H23NO. The molecule has 2 nitrogen and oxygen atoms in total. The van der Waals surface area contributed by atoms with Crippen molar-refractivity contribution >= 4 is 5.69 Å². The van der Waals surface area contributed by atoms with Crippen molar-refractivity contribution in [2.24, 2.45) is 0 Å². The quantitative estimate of drug-likeness (QED) is 0.822. The van der Waals surface area contributed by atoms with E-state index in [2.05, 4.69) is 30.4 Å². The Morgan fingerprint density at radius 3 is 2.82 bits per heavy atom. The van der Waals surface area contributed by atoms with Gasteiger partial charge in [0.25, 0.3) is 0 Å². The van der Waals surface area contributed by atoms with E-state index in [0.717, 1.165) is 18.8 Å². The maximum atomic E-state index is 5.64. The van der Waals surface area contributed by atoms with Gasteiger partial charge in [0.2, 0.25) is 0 Å². The fourth-order valence-electron chi connectivity index (χ4n) is 2.38. The summed E-state index contributed by atoms with van der Waals surface area (Å²) < 4.78 is 5.64. The Balaban J connectivity index is 1.90. The number of hydrogen-bond donors (Lipinski definition) is 1. The van der Waals surface area contributed by atoms with Gasteiger partial charge in [0, 0.05) is 17.8 Å². The first-order valence-corrected chi connectivity index (χ1v) is 6.88. The molecule has 1 aromatic rings. The molecule has 0 aliphatic heterocycles. The van der Waals surface area contributed by atoms with E-state index in [9.17, 15) is 0 Å². The van der Waals surface area contributed by atoms with Crippen molar-refractivity contribution in [1.29, 1.82) is 0 Å².